The predicted molar refractivity (Wildman–Crippen MR) is 50.8 cm³/mol. The molecule has 0 atom stereocenters. The van der Waals surface area contributed by atoms with Crippen LogP contribution in [0, 0.1) is 6.92 Å². The smallest absolute Gasteiger partial charge is 0.304 e. The number of rotatable bonds is 1. The number of hydrogen-bond acceptors (Lipinski definition) is 2. The number of aromatic amines is 2. The number of fused-ring (bicyclic) bond motifs is 1. The number of imidazole rings is 1. The van der Waals surface area contributed by atoms with Crippen molar-refractivity contribution in [3.05, 3.63) is 27.8 Å². The number of nitrogens with one attached hydrogen (secondary N) is 2. The summed E-state index contributed by atoms with van der Waals surface area (Å²) in [6.07, 6.45) is 0.879. The van der Waals surface area contributed by atoms with Crippen molar-refractivity contribution in [1.29, 1.82) is 0 Å². The third-order valence-electron chi connectivity index (χ3n) is 2.10. The third kappa shape index (κ3) is 1.24. The zero-order valence-corrected chi connectivity index (χ0v) is 7.64. The van der Waals surface area contributed by atoms with Gasteiger partial charge in [-0.15, -0.1) is 0 Å². The quantitative estimate of drug-likeness (QED) is 0.685. The first-order valence-corrected chi connectivity index (χ1v) is 4.29. The first kappa shape index (κ1) is 8.04. The number of aryl methyl sites for hydroxylation is 2. The van der Waals surface area contributed by atoms with Crippen LogP contribution in [0.1, 0.15) is 18.2 Å². The number of nitrogens with zero attached hydrogens (tertiary/aromatic N) is 1. The molecule has 0 unspecified atom stereocenters. The van der Waals surface area contributed by atoms with Gasteiger partial charge in [0.15, 0.2) is 5.65 Å². The van der Waals surface area contributed by atoms with E-state index in [1.165, 1.54) is 0 Å². The molecule has 0 spiro atoms. The fraction of sp³-hybridized carbons (Fsp3) is 0.333. The normalized spacial score (nSPS) is 10.9. The molecular formula is C9H11N3O. The molecule has 0 radical (unpaired) electrons. The summed E-state index contributed by atoms with van der Waals surface area (Å²) in [5, 5.41) is 0. The molecule has 0 aromatic carbocycles. The molecule has 13 heavy (non-hydrogen) atoms. The highest BCUT2D eigenvalue weighted by molar-refractivity contribution is 5.73. The van der Waals surface area contributed by atoms with E-state index in [9.17, 15) is 4.79 Å². The molecular weight excluding hydrogens is 166 g/mol. The van der Waals surface area contributed by atoms with Gasteiger partial charge in [-0.1, -0.05) is 6.92 Å². The molecule has 2 N–H and O–H groups in total. The van der Waals surface area contributed by atoms with Gasteiger partial charge >= 0.3 is 5.69 Å². The highest BCUT2D eigenvalue weighted by Crippen LogP contribution is 2.11. The molecule has 0 aliphatic heterocycles. The molecule has 2 aromatic rings. The van der Waals surface area contributed by atoms with Crippen LogP contribution >= 0.6 is 0 Å². The largest absolute Gasteiger partial charge is 0.325 e. The number of pyridine rings is 1. The van der Waals surface area contributed by atoms with Gasteiger partial charge in [-0.2, -0.15) is 0 Å². The minimum atomic E-state index is -0.196. The second kappa shape index (κ2) is 2.73. The molecule has 0 amide bonds. The second-order valence-corrected chi connectivity index (χ2v) is 3.09. The summed E-state index contributed by atoms with van der Waals surface area (Å²) in [6.45, 7) is 4.01. The van der Waals surface area contributed by atoms with E-state index in [1.54, 1.807) is 0 Å². The maximum Gasteiger partial charge on any atom is 0.325 e. The summed E-state index contributed by atoms with van der Waals surface area (Å²) in [7, 11) is 0. The number of H-pyrrole nitrogens is 2. The summed E-state index contributed by atoms with van der Waals surface area (Å²) < 4.78 is 0. The van der Waals surface area contributed by atoms with Crippen LogP contribution in [-0.2, 0) is 6.42 Å². The Hall–Kier alpha value is -1.58. The topological polar surface area (TPSA) is 61.5 Å². The lowest BCUT2D eigenvalue weighted by Gasteiger charge is -1.98. The van der Waals surface area contributed by atoms with Gasteiger partial charge in [0, 0.05) is 5.69 Å². The average Bonchev–Trinajstić information content (AvgIpc) is 2.46. The molecule has 0 saturated carbocycles. The van der Waals surface area contributed by atoms with Crippen LogP contribution in [0.5, 0.6) is 0 Å². The van der Waals surface area contributed by atoms with Gasteiger partial charge in [-0.25, -0.2) is 9.78 Å². The Balaban J connectivity index is 2.83. The first-order valence-electron chi connectivity index (χ1n) is 4.29. The Morgan fingerprint density at radius 2 is 2.23 bits per heavy atom. The van der Waals surface area contributed by atoms with Crippen LogP contribution in [0.2, 0.25) is 0 Å². The third-order valence-corrected chi connectivity index (χ3v) is 2.10. The van der Waals surface area contributed by atoms with Crippen molar-refractivity contribution in [2.45, 2.75) is 20.3 Å². The first-order chi connectivity index (χ1) is 6.20. The van der Waals surface area contributed by atoms with Gasteiger partial charge in [-0.3, -0.25) is 4.98 Å². The molecule has 0 aliphatic carbocycles. The lowest BCUT2D eigenvalue weighted by molar-refractivity contribution is 1.04. The van der Waals surface area contributed by atoms with E-state index < -0.39 is 0 Å². The molecule has 4 nitrogen and oxygen atoms in total. The minimum Gasteiger partial charge on any atom is -0.304 e. The van der Waals surface area contributed by atoms with E-state index >= 15 is 0 Å². The predicted octanol–water partition coefficient (Wildman–Crippen LogP) is 1.12. The lowest BCUT2D eigenvalue weighted by atomic mass is 10.2. The summed E-state index contributed by atoms with van der Waals surface area (Å²) in [6, 6.07) is 1.99. The van der Waals surface area contributed by atoms with Crippen LogP contribution in [0.3, 0.4) is 0 Å². The SMILES string of the molecule is CCc1cc(C)c2[nH]c(=O)[nH]c2n1. The van der Waals surface area contributed by atoms with Gasteiger partial charge in [0.2, 0.25) is 0 Å². The Morgan fingerprint density at radius 1 is 1.46 bits per heavy atom. The van der Waals surface area contributed by atoms with E-state index in [4.69, 9.17) is 0 Å². The van der Waals surface area contributed by atoms with Crippen LogP contribution < -0.4 is 5.69 Å². The number of aromatic nitrogens is 3. The fourth-order valence-corrected chi connectivity index (χ4v) is 1.42. The van der Waals surface area contributed by atoms with Crippen LogP contribution in [0.15, 0.2) is 10.9 Å². The summed E-state index contributed by atoms with van der Waals surface area (Å²) in [5.74, 6) is 0. The van der Waals surface area contributed by atoms with E-state index in [-0.39, 0.29) is 5.69 Å². The van der Waals surface area contributed by atoms with E-state index in [2.05, 4.69) is 15.0 Å². The van der Waals surface area contributed by atoms with Crippen molar-refractivity contribution in [3.8, 4) is 0 Å². The van der Waals surface area contributed by atoms with Crippen LogP contribution in [0.4, 0.5) is 0 Å². The molecule has 0 fully saturated rings. The van der Waals surface area contributed by atoms with Gasteiger partial charge in [-0.05, 0) is 25.0 Å². The highest BCUT2D eigenvalue weighted by atomic mass is 16.1. The van der Waals surface area contributed by atoms with Crippen molar-refractivity contribution in [3.63, 3.8) is 0 Å². The summed E-state index contributed by atoms with van der Waals surface area (Å²) >= 11 is 0. The van der Waals surface area contributed by atoms with E-state index in [0.29, 0.717) is 5.65 Å². The van der Waals surface area contributed by atoms with Gasteiger partial charge in [0.1, 0.15) is 0 Å². The Labute approximate surface area is 75.0 Å². The molecule has 68 valence electrons. The van der Waals surface area contributed by atoms with Crippen LogP contribution in [-0.4, -0.2) is 15.0 Å². The molecule has 0 bridgehead atoms. The van der Waals surface area contributed by atoms with Crippen molar-refractivity contribution < 1.29 is 0 Å². The Morgan fingerprint density at radius 3 is 2.92 bits per heavy atom. The number of hydrogen-bond donors (Lipinski definition) is 2. The van der Waals surface area contributed by atoms with Gasteiger partial charge in [0.25, 0.3) is 0 Å². The van der Waals surface area contributed by atoms with Crippen molar-refractivity contribution >= 4 is 11.2 Å². The lowest BCUT2D eigenvalue weighted by Crippen LogP contribution is -1.99. The monoisotopic (exact) mass is 177 g/mol. The molecule has 2 aromatic heterocycles. The fourth-order valence-electron chi connectivity index (χ4n) is 1.42. The van der Waals surface area contributed by atoms with Crippen molar-refractivity contribution in [2.75, 3.05) is 0 Å². The van der Waals surface area contributed by atoms with Crippen LogP contribution in [0.25, 0.3) is 11.2 Å². The summed E-state index contributed by atoms with van der Waals surface area (Å²) in [5.41, 5.74) is 3.32. The van der Waals surface area contributed by atoms with Gasteiger partial charge < -0.3 is 4.98 Å². The van der Waals surface area contributed by atoms with Gasteiger partial charge in [0.05, 0.1) is 5.52 Å². The molecule has 0 aliphatic rings. The second-order valence-electron chi connectivity index (χ2n) is 3.09. The van der Waals surface area contributed by atoms with Crippen molar-refractivity contribution in [1.82, 2.24) is 15.0 Å². The minimum absolute atomic E-state index is 0.196. The standard InChI is InChI=1S/C9H11N3O/c1-3-6-4-5(2)7-8(10-6)12-9(13)11-7/h4H,3H2,1-2H3,(H2,10,11,12,13). The van der Waals surface area contributed by atoms with Crippen molar-refractivity contribution in [2.24, 2.45) is 0 Å². The zero-order valence-electron chi connectivity index (χ0n) is 7.64. The van der Waals surface area contributed by atoms with E-state index in [0.717, 1.165) is 23.2 Å². The maximum absolute atomic E-state index is 11.0. The Bertz CT molecular complexity index is 495. The van der Waals surface area contributed by atoms with E-state index in [1.807, 2.05) is 19.9 Å². The zero-order chi connectivity index (χ0) is 9.42. The molecule has 2 rings (SSSR count). The molecule has 0 saturated heterocycles. The Kier molecular flexibility index (Phi) is 1.69. The highest BCUT2D eigenvalue weighted by Gasteiger charge is 2.03. The molecule has 2 heterocycles. The molecule has 4 heteroatoms. The maximum atomic E-state index is 11.0. The average molecular weight is 177 g/mol. The summed E-state index contributed by atoms with van der Waals surface area (Å²) in [4.78, 5) is 20.6.